The Hall–Kier alpha value is -1.43. The maximum Gasteiger partial charge on any atom is 0.236 e. The van der Waals surface area contributed by atoms with E-state index in [1.165, 1.54) is 0 Å². The number of thiocarbonyl (C=S) groups is 1. The molecule has 1 aromatic heterocycles. The minimum Gasteiger partial charge on any atom is -0.392 e. The predicted octanol–water partition coefficient (Wildman–Crippen LogP) is 1.71. The van der Waals surface area contributed by atoms with Crippen molar-refractivity contribution in [1.82, 2.24) is 9.78 Å². The highest BCUT2D eigenvalue weighted by atomic mass is 32.1. The van der Waals surface area contributed by atoms with Crippen molar-refractivity contribution in [2.24, 2.45) is 11.1 Å². The summed E-state index contributed by atoms with van der Waals surface area (Å²) in [6, 6.07) is 0.254. The molecule has 0 fully saturated rings. The Morgan fingerprint density at radius 2 is 2.18 bits per heavy atom. The van der Waals surface area contributed by atoms with Gasteiger partial charge in [-0.1, -0.05) is 12.2 Å². The van der Waals surface area contributed by atoms with E-state index in [1.54, 1.807) is 30.9 Å². The molecule has 94 valence electrons. The molecule has 0 spiro atoms. The van der Waals surface area contributed by atoms with E-state index in [0.717, 1.165) is 0 Å². The molecule has 0 radical (unpaired) electrons. The molecule has 0 unspecified atom stereocenters. The molecule has 0 aromatic carbocycles. The van der Waals surface area contributed by atoms with Gasteiger partial charge in [0.1, 0.15) is 0 Å². The van der Waals surface area contributed by atoms with Gasteiger partial charge < -0.3 is 11.1 Å². The number of carbonyl (C=O) groups excluding carboxylic acids is 1. The number of carbonyl (C=O) groups is 1. The summed E-state index contributed by atoms with van der Waals surface area (Å²) in [5.41, 5.74) is 5.31. The lowest BCUT2D eigenvalue weighted by Gasteiger charge is -2.21. The third-order valence-corrected chi connectivity index (χ3v) is 3.08. The van der Waals surface area contributed by atoms with E-state index in [4.69, 9.17) is 18.0 Å². The van der Waals surface area contributed by atoms with E-state index in [9.17, 15) is 4.79 Å². The molecule has 6 heteroatoms. The van der Waals surface area contributed by atoms with E-state index >= 15 is 0 Å². The van der Waals surface area contributed by atoms with Crippen LogP contribution in [0.4, 0.5) is 5.69 Å². The third kappa shape index (κ3) is 3.03. The monoisotopic (exact) mass is 254 g/mol. The Morgan fingerprint density at radius 3 is 2.59 bits per heavy atom. The first-order valence-corrected chi connectivity index (χ1v) is 5.81. The molecule has 0 bridgehead atoms. The van der Waals surface area contributed by atoms with E-state index in [-0.39, 0.29) is 16.9 Å². The number of nitrogens with two attached hydrogens (primary N) is 1. The average Bonchev–Trinajstić information content (AvgIpc) is 2.65. The molecule has 0 atom stereocenters. The molecule has 1 aromatic rings. The number of nitrogens with zero attached hydrogens (tertiary/aromatic N) is 2. The second-order valence-electron chi connectivity index (χ2n) is 4.75. The molecule has 17 heavy (non-hydrogen) atoms. The standard InChI is InChI=1S/C11H18N4OS/c1-7(2)15-6-8(5-13-15)14-10(16)11(3,4)9(12)17/h5-7H,1-4H3,(H2,12,17)(H,14,16). The topological polar surface area (TPSA) is 72.9 Å². The first-order chi connectivity index (χ1) is 7.75. The van der Waals surface area contributed by atoms with Crippen molar-refractivity contribution in [3.8, 4) is 0 Å². The van der Waals surface area contributed by atoms with Gasteiger partial charge in [-0.05, 0) is 27.7 Å². The van der Waals surface area contributed by atoms with Crippen LogP contribution >= 0.6 is 12.2 Å². The van der Waals surface area contributed by atoms with Gasteiger partial charge in [-0.3, -0.25) is 9.48 Å². The second kappa shape index (κ2) is 4.83. The van der Waals surface area contributed by atoms with Crippen LogP contribution in [0, 0.1) is 5.41 Å². The smallest absolute Gasteiger partial charge is 0.236 e. The lowest BCUT2D eigenvalue weighted by Crippen LogP contribution is -2.41. The van der Waals surface area contributed by atoms with Crippen molar-refractivity contribution in [3.05, 3.63) is 12.4 Å². The number of amides is 1. The lowest BCUT2D eigenvalue weighted by atomic mass is 9.92. The normalized spacial score (nSPS) is 11.6. The van der Waals surface area contributed by atoms with E-state index in [2.05, 4.69) is 10.4 Å². The van der Waals surface area contributed by atoms with Crippen LogP contribution in [-0.2, 0) is 4.79 Å². The minimum absolute atomic E-state index is 0.172. The summed E-state index contributed by atoms with van der Waals surface area (Å²) in [4.78, 5) is 12.1. The molecule has 0 saturated heterocycles. The molecule has 3 N–H and O–H groups in total. The second-order valence-corrected chi connectivity index (χ2v) is 5.19. The van der Waals surface area contributed by atoms with Gasteiger partial charge in [-0.15, -0.1) is 0 Å². The van der Waals surface area contributed by atoms with Gasteiger partial charge in [0.25, 0.3) is 0 Å². The van der Waals surface area contributed by atoms with Gasteiger partial charge in [0.05, 0.1) is 22.3 Å². The molecule has 1 heterocycles. The maximum atomic E-state index is 11.9. The summed E-state index contributed by atoms with van der Waals surface area (Å²) in [6.07, 6.45) is 3.38. The van der Waals surface area contributed by atoms with E-state index in [1.807, 2.05) is 13.8 Å². The van der Waals surface area contributed by atoms with Crippen LogP contribution in [0.3, 0.4) is 0 Å². The fraction of sp³-hybridized carbons (Fsp3) is 0.545. The first-order valence-electron chi connectivity index (χ1n) is 5.40. The SMILES string of the molecule is CC(C)n1cc(NC(=O)C(C)(C)C(N)=S)cn1. The van der Waals surface area contributed by atoms with Crippen molar-refractivity contribution in [3.63, 3.8) is 0 Å². The van der Waals surface area contributed by atoms with Crippen LogP contribution in [0.25, 0.3) is 0 Å². The first kappa shape index (κ1) is 13.6. The minimum atomic E-state index is -0.866. The van der Waals surface area contributed by atoms with Gasteiger partial charge in [-0.2, -0.15) is 5.10 Å². The number of anilines is 1. The zero-order valence-electron chi connectivity index (χ0n) is 10.5. The molecule has 0 aliphatic heterocycles. The van der Waals surface area contributed by atoms with Crippen LogP contribution in [-0.4, -0.2) is 20.7 Å². The van der Waals surface area contributed by atoms with Crippen molar-refractivity contribution in [2.45, 2.75) is 33.7 Å². The van der Waals surface area contributed by atoms with Crippen LogP contribution in [0.2, 0.25) is 0 Å². The van der Waals surface area contributed by atoms with Gasteiger partial charge in [0, 0.05) is 12.2 Å². The van der Waals surface area contributed by atoms with Crippen LogP contribution in [0.15, 0.2) is 12.4 Å². The summed E-state index contributed by atoms with van der Waals surface area (Å²) in [6.45, 7) is 7.41. The van der Waals surface area contributed by atoms with Gasteiger partial charge >= 0.3 is 0 Å². The number of aromatic nitrogens is 2. The fourth-order valence-corrected chi connectivity index (χ4v) is 1.18. The van der Waals surface area contributed by atoms with Crippen molar-refractivity contribution in [1.29, 1.82) is 0 Å². The third-order valence-electron chi connectivity index (χ3n) is 2.57. The van der Waals surface area contributed by atoms with E-state index in [0.29, 0.717) is 5.69 Å². The Balaban J connectivity index is 2.78. The van der Waals surface area contributed by atoms with E-state index < -0.39 is 5.41 Å². The quantitative estimate of drug-likeness (QED) is 0.802. The van der Waals surface area contributed by atoms with Crippen LogP contribution < -0.4 is 11.1 Å². The molecular formula is C11H18N4OS. The maximum absolute atomic E-state index is 11.9. The highest BCUT2D eigenvalue weighted by Gasteiger charge is 2.31. The van der Waals surface area contributed by atoms with Gasteiger partial charge in [0.15, 0.2) is 0 Å². The summed E-state index contributed by atoms with van der Waals surface area (Å²) in [5.74, 6) is -0.228. The Morgan fingerprint density at radius 1 is 1.59 bits per heavy atom. The van der Waals surface area contributed by atoms with Crippen LogP contribution in [0.1, 0.15) is 33.7 Å². The molecule has 1 rings (SSSR count). The molecule has 5 nitrogen and oxygen atoms in total. The summed E-state index contributed by atoms with van der Waals surface area (Å²) < 4.78 is 1.77. The van der Waals surface area contributed by atoms with Gasteiger partial charge in [0.2, 0.25) is 5.91 Å². The molecule has 1 amide bonds. The number of rotatable bonds is 4. The fourth-order valence-electron chi connectivity index (χ4n) is 1.08. The van der Waals surface area contributed by atoms with Gasteiger partial charge in [-0.25, -0.2) is 0 Å². The van der Waals surface area contributed by atoms with Crippen molar-refractivity contribution < 1.29 is 4.79 Å². The number of hydrogen-bond donors (Lipinski definition) is 2. The Labute approximate surface area is 106 Å². The molecule has 0 aliphatic carbocycles. The lowest BCUT2D eigenvalue weighted by molar-refractivity contribution is -0.121. The largest absolute Gasteiger partial charge is 0.392 e. The summed E-state index contributed by atoms with van der Waals surface area (Å²) in [5, 5.41) is 6.88. The Kier molecular flexibility index (Phi) is 3.87. The highest BCUT2D eigenvalue weighted by molar-refractivity contribution is 7.80. The van der Waals surface area contributed by atoms with Crippen molar-refractivity contribution >= 4 is 28.8 Å². The molecular weight excluding hydrogens is 236 g/mol. The van der Waals surface area contributed by atoms with Crippen molar-refractivity contribution in [2.75, 3.05) is 5.32 Å². The zero-order chi connectivity index (χ0) is 13.2. The number of hydrogen-bond acceptors (Lipinski definition) is 3. The Bertz CT molecular complexity index is 436. The molecule has 0 saturated carbocycles. The number of nitrogens with one attached hydrogen (secondary N) is 1. The van der Waals surface area contributed by atoms with Crippen LogP contribution in [0.5, 0.6) is 0 Å². The zero-order valence-corrected chi connectivity index (χ0v) is 11.3. The summed E-state index contributed by atoms with van der Waals surface area (Å²) >= 11 is 4.87. The summed E-state index contributed by atoms with van der Waals surface area (Å²) in [7, 11) is 0. The average molecular weight is 254 g/mol. The molecule has 0 aliphatic rings. The predicted molar refractivity (Wildman–Crippen MR) is 71.8 cm³/mol. The highest BCUT2D eigenvalue weighted by Crippen LogP contribution is 2.19.